The molecule has 1 aliphatic carbocycles. The van der Waals surface area contributed by atoms with Gasteiger partial charge in [-0.3, -0.25) is 0 Å². The second kappa shape index (κ2) is 5.79. The molecule has 0 atom stereocenters. The molecular formula is C19H18ClNO. The summed E-state index contributed by atoms with van der Waals surface area (Å²) in [5.41, 5.74) is 3.23. The van der Waals surface area contributed by atoms with Crippen molar-refractivity contribution in [3.05, 3.63) is 59.3 Å². The van der Waals surface area contributed by atoms with Gasteiger partial charge in [-0.15, -0.1) is 0 Å². The van der Waals surface area contributed by atoms with Gasteiger partial charge in [0.2, 0.25) is 0 Å². The second-order valence-corrected chi connectivity index (χ2v) is 6.35. The fourth-order valence-electron chi connectivity index (χ4n) is 3.02. The van der Waals surface area contributed by atoms with Gasteiger partial charge in [-0.05, 0) is 36.6 Å². The van der Waals surface area contributed by atoms with Gasteiger partial charge in [0.05, 0.1) is 6.54 Å². The minimum absolute atomic E-state index is 0.639. The van der Waals surface area contributed by atoms with Gasteiger partial charge in [0.25, 0.3) is 0 Å². The number of benzene rings is 2. The Labute approximate surface area is 135 Å². The summed E-state index contributed by atoms with van der Waals surface area (Å²) in [6.45, 7) is 0.765. The van der Waals surface area contributed by atoms with Crippen molar-refractivity contribution < 1.29 is 4.42 Å². The Hall–Kier alpha value is -1.77. The maximum absolute atomic E-state index is 6.19. The summed E-state index contributed by atoms with van der Waals surface area (Å²) in [7, 11) is 0. The van der Waals surface area contributed by atoms with Crippen LogP contribution in [0.1, 0.15) is 25.0 Å². The SMILES string of the molecule is Clc1ccc2oc(CNC3CCC3)c(-c3ccccc3)c2c1. The number of fused-ring (bicyclic) bond motifs is 1. The second-order valence-electron chi connectivity index (χ2n) is 5.92. The van der Waals surface area contributed by atoms with Crippen molar-refractivity contribution >= 4 is 22.6 Å². The van der Waals surface area contributed by atoms with Gasteiger partial charge in [-0.25, -0.2) is 0 Å². The molecule has 0 aliphatic heterocycles. The number of furan rings is 1. The molecule has 112 valence electrons. The minimum atomic E-state index is 0.639. The van der Waals surface area contributed by atoms with Gasteiger partial charge in [0, 0.05) is 22.0 Å². The highest BCUT2D eigenvalue weighted by Crippen LogP contribution is 2.36. The van der Waals surface area contributed by atoms with E-state index in [1.54, 1.807) is 0 Å². The number of nitrogens with one attached hydrogen (secondary N) is 1. The zero-order valence-electron chi connectivity index (χ0n) is 12.3. The predicted octanol–water partition coefficient (Wildman–Crippen LogP) is 5.40. The fourth-order valence-corrected chi connectivity index (χ4v) is 3.19. The zero-order chi connectivity index (χ0) is 14.9. The van der Waals surface area contributed by atoms with Crippen LogP contribution in [0.15, 0.2) is 52.9 Å². The summed E-state index contributed by atoms with van der Waals surface area (Å²) in [4.78, 5) is 0. The van der Waals surface area contributed by atoms with Crippen LogP contribution >= 0.6 is 11.6 Å². The van der Waals surface area contributed by atoms with E-state index in [1.165, 1.54) is 24.8 Å². The standard InChI is InChI=1S/C19H18ClNO/c20-14-9-10-17-16(11-14)19(13-5-2-1-3-6-13)18(22-17)12-21-15-7-4-8-15/h1-3,5-6,9-11,15,21H,4,7-8,12H2. The Balaban J connectivity index is 1.79. The van der Waals surface area contributed by atoms with Gasteiger partial charge in [-0.1, -0.05) is 48.4 Å². The number of rotatable bonds is 4. The summed E-state index contributed by atoms with van der Waals surface area (Å²) in [6.07, 6.45) is 3.87. The molecule has 3 aromatic rings. The summed E-state index contributed by atoms with van der Waals surface area (Å²) in [6, 6.07) is 16.9. The highest BCUT2D eigenvalue weighted by Gasteiger charge is 2.20. The first kappa shape index (κ1) is 13.9. The molecular weight excluding hydrogens is 294 g/mol. The average Bonchev–Trinajstić information content (AvgIpc) is 2.84. The number of halogens is 1. The summed E-state index contributed by atoms with van der Waals surface area (Å²) in [5, 5.41) is 5.42. The molecule has 4 rings (SSSR count). The van der Waals surface area contributed by atoms with Gasteiger partial charge in [0.15, 0.2) is 0 Å². The van der Waals surface area contributed by atoms with E-state index in [-0.39, 0.29) is 0 Å². The van der Waals surface area contributed by atoms with Crippen LogP contribution in [0.4, 0.5) is 0 Å². The maximum Gasteiger partial charge on any atom is 0.135 e. The molecule has 0 radical (unpaired) electrons. The number of hydrogen-bond donors (Lipinski definition) is 1. The smallest absolute Gasteiger partial charge is 0.135 e. The Morgan fingerprint density at radius 2 is 1.91 bits per heavy atom. The molecule has 3 heteroatoms. The van der Waals surface area contributed by atoms with Gasteiger partial charge in [0.1, 0.15) is 11.3 Å². The normalized spacial score (nSPS) is 15.1. The highest BCUT2D eigenvalue weighted by molar-refractivity contribution is 6.31. The average molecular weight is 312 g/mol. The fraction of sp³-hybridized carbons (Fsp3) is 0.263. The van der Waals surface area contributed by atoms with Crippen LogP contribution in [0.25, 0.3) is 22.1 Å². The zero-order valence-corrected chi connectivity index (χ0v) is 13.1. The largest absolute Gasteiger partial charge is 0.459 e. The molecule has 1 aromatic heterocycles. The molecule has 0 spiro atoms. The van der Waals surface area contributed by atoms with Gasteiger partial charge < -0.3 is 9.73 Å². The van der Waals surface area contributed by atoms with E-state index in [0.29, 0.717) is 6.04 Å². The van der Waals surface area contributed by atoms with Crippen LogP contribution in [0.2, 0.25) is 5.02 Å². The molecule has 22 heavy (non-hydrogen) atoms. The van der Waals surface area contributed by atoms with E-state index >= 15 is 0 Å². The van der Waals surface area contributed by atoms with Gasteiger partial charge >= 0.3 is 0 Å². The third-order valence-electron chi connectivity index (χ3n) is 4.44. The first-order valence-corrected chi connectivity index (χ1v) is 8.19. The van der Waals surface area contributed by atoms with Crippen molar-refractivity contribution in [3.63, 3.8) is 0 Å². The third-order valence-corrected chi connectivity index (χ3v) is 4.68. The van der Waals surface area contributed by atoms with E-state index in [4.69, 9.17) is 16.0 Å². The van der Waals surface area contributed by atoms with E-state index in [0.717, 1.165) is 33.9 Å². The van der Waals surface area contributed by atoms with E-state index in [9.17, 15) is 0 Å². The summed E-state index contributed by atoms with van der Waals surface area (Å²) < 4.78 is 6.11. The summed E-state index contributed by atoms with van der Waals surface area (Å²) in [5.74, 6) is 0.996. The molecule has 0 unspecified atom stereocenters. The van der Waals surface area contributed by atoms with Crippen molar-refractivity contribution in [3.8, 4) is 11.1 Å². The lowest BCUT2D eigenvalue weighted by atomic mass is 9.93. The first-order valence-electron chi connectivity index (χ1n) is 7.81. The Kier molecular flexibility index (Phi) is 3.65. The van der Waals surface area contributed by atoms with E-state index < -0.39 is 0 Å². The molecule has 2 aromatic carbocycles. The van der Waals surface area contributed by atoms with Crippen LogP contribution in [0, 0.1) is 0 Å². The van der Waals surface area contributed by atoms with Gasteiger partial charge in [-0.2, -0.15) is 0 Å². The number of hydrogen-bond acceptors (Lipinski definition) is 2. The molecule has 1 aliphatic rings. The molecule has 0 saturated heterocycles. The molecule has 1 N–H and O–H groups in total. The van der Waals surface area contributed by atoms with Crippen LogP contribution in [-0.2, 0) is 6.54 Å². The molecule has 1 heterocycles. The van der Waals surface area contributed by atoms with E-state index in [2.05, 4.69) is 29.6 Å². The van der Waals surface area contributed by atoms with Crippen molar-refractivity contribution in [2.24, 2.45) is 0 Å². The Bertz CT molecular complexity index is 790. The Morgan fingerprint density at radius 3 is 2.64 bits per heavy atom. The van der Waals surface area contributed by atoms with Crippen molar-refractivity contribution in [2.75, 3.05) is 0 Å². The third kappa shape index (κ3) is 2.53. The topological polar surface area (TPSA) is 25.2 Å². The maximum atomic E-state index is 6.19. The lowest BCUT2D eigenvalue weighted by Gasteiger charge is -2.26. The first-order chi connectivity index (χ1) is 10.8. The van der Waals surface area contributed by atoms with Crippen LogP contribution in [0.5, 0.6) is 0 Å². The summed E-state index contributed by atoms with van der Waals surface area (Å²) >= 11 is 6.19. The monoisotopic (exact) mass is 311 g/mol. The minimum Gasteiger partial charge on any atom is -0.459 e. The van der Waals surface area contributed by atoms with Crippen LogP contribution < -0.4 is 5.32 Å². The quantitative estimate of drug-likeness (QED) is 0.698. The van der Waals surface area contributed by atoms with Crippen molar-refractivity contribution in [1.29, 1.82) is 0 Å². The highest BCUT2D eigenvalue weighted by atomic mass is 35.5. The molecule has 1 fully saturated rings. The van der Waals surface area contributed by atoms with E-state index in [1.807, 2.05) is 24.3 Å². The lowest BCUT2D eigenvalue weighted by Crippen LogP contribution is -2.34. The molecule has 2 nitrogen and oxygen atoms in total. The van der Waals surface area contributed by atoms with Crippen molar-refractivity contribution in [2.45, 2.75) is 31.8 Å². The molecule has 1 saturated carbocycles. The van der Waals surface area contributed by atoms with Crippen LogP contribution in [-0.4, -0.2) is 6.04 Å². The molecule has 0 bridgehead atoms. The Morgan fingerprint density at radius 1 is 1.09 bits per heavy atom. The van der Waals surface area contributed by atoms with Crippen molar-refractivity contribution in [1.82, 2.24) is 5.32 Å². The lowest BCUT2D eigenvalue weighted by molar-refractivity contribution is 0.327. The molecule has 0 amide bonds. The predicted molar refractivity (Wildman–Crippen MR) is 91.1 cm³/mol. The van der Waals surface area contributed by atoms with Crippen LogP contribution in [0.3, 0.4) is 0 Å².